The number of rotatable bonds is 24. The maximum atomic E-state index is 14.2. The number of unbranched alkanes of at least 4 members (excludes halogenated alkanes) is 4. The summed E-state index contributed by atoms with van der Waals surface area (Å²) in [5.41, 5.74) is -0.113. The van der Waals surface area contributed by atoms with Crippen LogP contribution in [0.2, 0.25) is 0 Å². The summed E-state index contributed by atoms with van der Waals surface area (Å²) in [5.74, 6) is -4.63. The van der Waals surface area contributed by atoms with Gasteiger partial charge >= 0.3 is 23.9 Å². The first-order valence-electron chi connectivity index (χ1n) is 21.7. The third-order valence-electron chi connectivity index (χ3n) is 10.4. The maximum Gasteiger partial charge on any atom is 0.343 e. The number of hydrazine groups is 1. The number of ether oxygens (including phenoxy) is 4. The smallest absolute Gasteiger partial charge is 0.343 e. The van der Waals surface area contributed by atoms with Crippen LogP contribution in [-0.4, -0.2) is 77.8 Å². The Labute approximate surface area is 382 Å². The molecule has 0 aliphatic carbocycles. The average Bonchev–Trinajstić information content (AvgIpc) is 3.93. The van der Waals surface area contributed by atoms with Gasteiger partial charge in [-0.15, -0.1) is 0 Å². The molecule has 0 bridgehead atoms. The molecule has 0 radical (unpaired) electrons. The minimum atomic E-state index is -0.957. The average molecular weight is 933 g/mol. The lowest BCUT2D eigenvalue weighted by Crippen LogP contribution is -2.42. The molecule has 340 valence electrons. The number of carbonyl (C=O) groups excluding carboxylic acids is 7. The summed E-state index contributed by atoms with van der Waals surface area (Å²) >= 11 is 4.24. The van der Waals surface area contributed by atoms with E-state index in [0.29, 0.717) is 75.4 Å². The van der Waals surface area contributed by atoms with Gasteiger partial charge in [0.15, 0.2) is 17.3 Å². The summed E-state index contributed by atoms with van der Waals surface area (Å²) in [6.45, 7) is 18.3. The highest BCUT2D eigenvalue weighted by Crippen LogP contribution is 2.69. The predicted molar refractivity (Wildman–Crippen MR) is 242 cm³/mol. The Morgan fingerprint density at radius 2 is 1.00 bits per heavy atom. The number of nitrogens with zero attached hydrogens (tertiary/aromatic N) is 2. The highest BCUT2D eigenvalue weighted by molar-refractivity contribution is 8.26. The molecule has 1 fully saturated rings. The molecule has 1 aromatic carbocycles. The van der Waals surface area contributed by atoms with Gasteiger partial charge in [0, 0.05) is 18.7 Å². The quantitative estimate of drug-likeness (QED) is 0.0240. The first-order chi connectivity index (χ1) is 29.7. The fourth-order valence-electron chi connectivity index (χ4n) is 6.68. The number of amides is 2. The van der Waals surface area contributed by atoms with Crippen LogP contribution in [0.3, 0.4) is 0 Å². The minimum Gasteiger partial charge on any atom is -0.459 e. The van der Waals surface area contributed by atoms with Crippen LogP contribution in [0, 0.1) is 11.8 Å². The molecule has 3 heterocycles. The minimum absolute atomic E-state index is 0.00156. The molecule has 1 aromatic rings. The lowest BCUT2D eigenvalue weighted by atomic mass is 10.00. The molecule has 4 rings (SSSR count). The van der Waals surface area contributed by atoms with Gasteiger partial charge < -0.3 is 18.9 Å². The Kier molecular flexibility index (Phi) is 20.1. The van der Waals surface area contributed by atoms with Gasteiger partial charge in [-0.05, 0) is 52.4 Å². The van der Waals surface area contributed by atoms with E-state index in [2.05, 4.69) is 6.58 Å². The Morgan fingerprint density at radius 3 is 1.37 bits per heavy atom. The monoisotopic (exact) mass is 932 g/mol. The number of fused-ring (bicyclic) bond motifs is 2. The van der Waals surface area contributed by atoms with Crippen molar-refractivity contribution in [3.63, 3.8) is 0 Å². The van der Waals surface area contributed by atoms with Crippen molar-refractivity contribution < 1.29 is 52.5 Å². The van der Waals surface area contributed by atoms with Gasteiger partial charge in [0.25, 0.3) is 11.8 Å². The highest BCUT2D eigenvalue weighted by Gasteiger charge is 2.47. The normalized spacial score (nSPS) is 15.4. The fourth-order valence-corrected chi connectivity index (χ4v) is 12.3. The number of carbonyl (C=O) groups is 7. The van der Waals surface area contributed by atoms with Crippen LogP contribution in [0.5, 0.6) is 11.5 Å². The summed E-state index contributed by atoms with van der Waals surface area (Å²) < 4.78 is 23.8. The fraction of sp³-hybridized carbons (Fsp3) is 0.578. The molecule has 0 spiro atoms. The van der Waals surface area contributed by atoms with Crippen LogP contribution in [-0.2, 0) is 43.0 Å². The molecule has 17 heteroatoms. The Balaban J connectivity index is 1.94. The van der Waals surface area contributed by atoms with Crippen molar-refractivity contribution in [1.82, 2.24) is 10.0 Å². The van der Waals surface area contributed by atoms with Crippen LogP contribution < -0.4 is 9.47 Å². The number of Topliss-reactive ketones (excluding diaryl/α,β-unsaturated/α-hetero) is 1. The van der Waals surface area contributed by atoms with E-state index in [1.807, 2.05) is 41.5 Å². The molecular formula is C45H60N2O11S4. The number of esters is 4. The standard InChI is InChI=1S/C45H60N2O11S4/c1-10-16-20-28(14-5)41(52)57-32-34-35(60-44(59-34)30(27(9)48)43(54)56-25-24-55-40(51)26(7)8)33(58-42(53)29(15-6)21-17-11-2)37-36(32)61-45(62-37)31-38(49)46(22-18-12-3)47(39(31)50)23-19-13-4/h28-29H,7,10-25H2,1-6,8-9H3. The molecule has 2 unspecified atom stereocenters. The SMILES string of the molecule is C=C(C)C(=O)OCCOC(=O)C(C(C)=O)=C1Sc2c(OC(=O)C(CC)CCCC)c3c(c(OC(=O)C(CC)CCCC)c2S1)SC(=C1C(=O)N(CCCC)N(CCCC)C1=O)S3. The second kappa shape index (κ2) is 24.4. The van der Waals surface area contributed by atoms with Crippen molar-refractivity contribution in [2.24, 2.45) is 11.8 Å². The summed E-state index contributed by atoms with van der Waals surface area (Å²) in [5, 5.41) is 3.04. The van der Waals surface area contributed by atoms with E-state index in [1.165, 1.54) is 23.9 Å². The van der Waals surface area contributed by atoms with E-state index >= 15 is 0 Å². The number of benzene rings is 1. The Bertz CT molecular complexity index is 1890. The lowest BCUT2D eigenvalue weighted by molar-refractivity contribution is -0.148. The second-order valence-electron chi connectivity index (χ2n) is 15.2. The highest BCUT2D eigenvalue weighted by atomic mass is 32.2. The molecule has 0 aromatic heterocycles. The number of hydrogen-bond donors (Lipinski definition) is 0. The molecule has 1 saturated heterocycles. The van der Waals surface area contributed by atoms with Crippen LogP contribution in [0.15, 0.2) is 51.4 Å². The molecular weight excluding hydrogens is 873 g/mol. The third kappa shape index (κ3) is 12.1. The molecule has 0 N–H and O–H groups in total. The number of hydrogen-bond acceptors (Lipinski definition) is 15. The zero-order chi connectivity index (χ0) is 45.7. The summed E-state index contributed by atoms with van der Waals surface area (Å²) in [4.78, 5) is 96.7. The van der Waals surface area contributed by atoms with E-state index < -0.39 is 53.3 Å². The predicted octanol–water partition coefficient (Wildman–Crippen LogP) is 10.2. The van der Waals surface area contributed by atoms with Gasteiger partial charge in [0.2, 0.25) is 0 Å². The van der Waals surface area contributed by atoms with E-state index in [9.17, 15) is 33.6 Å². The van der Waals surface area contributed by atoms with Crippen LogP contribution >= 0.6 is 47.0 Å². The molecule has 13 nitrogen and oxygen atoms in total. The molecule has 62 heavy (non-hydrogen) atoms. The van der Waals surface area contributed by atoms with Gasteiger partial charge in [0.1, 0.15) is 24.4 Å². The maximum absolute atomic E-state index is 14.2. The van der Waals surface area contributed by atoms with Crippen LogP contribution in [0.1, 0.15) is 132 Å². The summed E-state index contributed by atoms with van der Waals surface area (Å²) in [6, 6.07) is 0. The zero-order valence-corrected chi connectivity index (χ0v) is 40.5. The van der Waals surface area contributed by atoms with E-state index in [0.717, 1.165) is 85.6 Å². The largest absolute Gasteiger partial charge is 0.459 e. The van der Waals surface area contributed by atoms with Crippen molar-refractivity contribution in [1.29, 1.82) is 0 Å². The molecule has 3 aliphatic heterocycles. The molecule has 0 saturated carbocycles. The van der Waals surface area contributed by atoms with E-state index in [4.69, 9.17) is 18.9 Å². The van der Waals surface area contributed by atoms with Crippen molar-refractivity contribution in [2.45, 2.75) is 152 Å². The summed E-state index contributed by atoms with van der Waals surface area (Å²) in [7, 11) is 0. The van der Waals surface area contributed by atoms with Gasteiger partial charge in [0.05, 0.1) is 39.9 Å². The van der Waals surface area contributed by atoms with Crippen molar-refractivity contribution >= 4 is 88.5 Å². The van der Waals surface area contributed by atoms with Gasteiger partial charge in [-0.3, -0.25) is 24.0 Å². The second-order valence-corrected chi connectivity index (χ2v) is 19.8. The van der Waals surface area contributed by atoms with Crippen LogP contribution in [0.25, 0.3) is 0 Å². The van der Waals surface area contributed by atoms with Crippen molar-refractivity contribution in [2.75, 3.05) is 26.3 Å². The Hall–Kier alpha value is -3.67. The molecule has 3 aliphatic rings. The van der Waals surface area contributed by atoms with Crippen molar-refractivity contribution in [3.8, 4) is 11.5 Å². The van der Waals surface area contributed by atoms with Crippen molar-refractivity contribution in [3.05, 3.63) is 31.8 Å². The Morgan fingerprint density at radius 1 is 0.597 bits per heavy atom. The molecule has 2 amide bonds. The van der Waals surface area contributed by atoms with Crippen LogP contribution in [0.4, 0.5) is 0 Å². The lowest BCUT2D eigenvalue weighted by Gasteiger charge is -2.27. The van der Waals surface area contributed by atoms with Gasteiger partial charge in [-0.25, -0.2) is 19.6 Å². The topological polar surface area (TPSA) is 163 Å². The molecule has 2 atom stereocenters. The van der Waals surface area contributed by atoms with Gasteiger partial charge in [-0.2, -0.15) is 0 Å². The van der Waals surface area contributed by atoms with Gasteiger partial charge in [-0.1, -0.05) is 134 Å². The summed E-state index contributed by atoms with van der Waals surface area (Å²) in [6.07, 6.45) is 8.64. The number of thioether (sulfide) groups is 4. The third-order valence-corrected chi connectivity index (χ3v) is 15.6. The zero-order valence-electron chi connectivity index (χ0n) is 37.2. The van der Waals surface area contributed by atoms with E-state index in [-0.39, 0.29) is 45.7 Å². The number of ketones is 1. The first-order valence-corrected chi connectivity index (χ1v) is 25.0. The van der Waals surface area contributed by atoms with E-state index in [1.54, 1.807) is 0 Å². The first kappa shape index (κ1) is 51.0.